The first kappa shape index (κ1) is 7.30. The van der Waals surface area contributed by atoms with E-state index in [4.69, 9.17) is 0 Å². The van der Waals surface area contributed by atoms with E-state index in [1.807, 2.05) is 47.3 Å². The molecule has 0 saturated carbocycles. The molecule has 2 rings (SSSR count). The van der Waals surface area contributed by atoms with E-state index in [0.29, 0.717) is 0 Å². The Kier molecular flexibility index (Phi) is 1.79. The standard InChI is InChI=1S/C9H7N2Si/c12-9-6-7-11(10-9)8-4-2-1-3-5-8/h1-7H. The van der Waals surface area contributed by atoms with Crippen LogP contribution in [0.15, 0.2) is 42.6 Å². The van der Waals surface area contributed by atoms with E-state index in [1.54, 1.807) is 0 Å². The molecule has 0 aliphatic rings. The van der Waals surface area contributed by atoms with Crippen molar-refractivity contribution in [3.8, 4) is 5.69 Å². The summed E-state index contributed by atoms with van der Waals surface area (Å²) >= 11 is 0. The smallest absolute Gasteiger partial charge is 0.102 e. The summed E-state index contributed by atoms with van der Waals surface area (Å²) in [6.45, 7) is 0. The van der Waals surface area contributed by atoms with E-state index >= 15 is 0 Å². The first-order valence-electron chi connectivity index (χ1n) is 3.69. The van der Waals surface area contributed by atoms with Crippen LogP contribution in [0.4, 0.5) is 0 Å². The number of benzene rings is 1. The van der Waals surface area contributed by atoms with Crippen molar-refractivity contribution in [3.05, 3.63) is 42.6 Å². The third-order valence-corrected chi connectivity index (χ3v) is 1.88. The van der Waals surface area contributed by atoms with Crippen LogP contribution in [0, 0.1) is 0 Å². The lowest BCUT2D eigenvalue weighted by Crippen LogP contribution is -2.05. The van der Waals surface area contributed by atoms with E-state index in [2.05, 4.69) is 15.3 Å². The molecule has 1 aromatic heterocycles. The monoisotopic (exact) mass is 171 g/mol. The molecular weight excluding hydrogens is 164 g/mol. The van der Waals surface area contributed by atoms with Gasteiger partial charge >= 0.3 is 0 Å². The molecular formula is C9H7N2Si. The Bertz CT molecular complexity index is 367. The van der Waals surface area contributed by atoms with Gasteiger partial charge in [-0.15, -0.1) is 0 Å². The minimum Gasteiger partial charge on any atom is -0.241 e. The summed E-state index contributed by atoms with van der Waals surface area (Å²) in [5, 5.41) is 5.06. The highest BCUT2D eigenvalue weighted by atomic mass is 28.1. The summed E-state index contributed by atoms with van der Waals surface area (Å²) in [5.41, 5.74) is 1.07. The normalized spacial score (nSPS) is 10.1. The average molecular weight is 171 g/mol. The maximum absolute atomic E-state index is 4.21. The van der Waals surface area contributed by atoms with Gasteiger partial charge in [-0.25, -0.2) is 4.68 Å². The van der Waals surface area contributed by atoms with E-state index in [0.717, 1.165) is 11.0 Å². The van der Waals surface area contributed by atoms with Crippen molar-refractivity contribution in [2.45, 2.75) is 0 Å². The van der Waals surface area contributed by atoms with Crippen molar-refractivity contribution in [1.82, 2.24) is 9.78 Å². The molecule has 1 heterocycles. The van der Waals surface area contributed by atoms with Crippen LogP contribution in [-0.2, 0) is 0 Å². The van der Waals surface area contributed by atoms with Gasteiger partial charge < -0.3 is 0 Å². The van der Waals surface area contributed by atoms with Crippen LogP contribution in [0.5, 0.6) is 0 Å². The summed E-state index contributed by atoms with van der Waals surface area (Å²) in [6, 6.07) is 11.9. The minimum atomic E-state index is 0.846. The zero-order valence-corrected chi connectivity index (χ0v) is 7.44. The number of para-hydroxylation sites is 1. The molecule has 0 saturated heterocycles. The predicted octanol–water partition coefficient (Wildman–Crippen LogP) is 0.666. The quantitative estimate of drug-likeness (QED) is 0.577. The third-order valence-electron chi connectivity index (χ3n) is 1.61. The lowest BCUT2D eigenvalue weighted by atomic mass is 10.3. The van der Waals surface area contributed by atoms with Gasteiger partial charge in [-0.05, 0) is 18.2 Å². The number of hydrogen-bond donors (Lipinski definition) is 0. The maximum Gasteiger partial charge on any atom is 0.102 e. The molecule has 2 aromatic rings. The molecule has 1 aromatic carbocycles. The van der Waals surface area contributed by atoms with E-state index in [1.165, 1.54) is 0 Å². The fourth-order valence-corrected chi connectivity index (χ4v) is 1.23. The van der Waals surface area contributed by atoms with E-state index in [-0.39, 0.29) is 0 Å². The lowest BCUT2D eigenvalue weighted by Gasteiger charge is -1.98. The summed E-state index contributed by atoms with van der Waals surface area (Å²) in [4.78, 5) is 0. The number of rotatable bonds is 1. The predicted molar refractivity (Wildman–Crippen MR) is 49.0 cm³/mol. The fraction of sp³-hybridized carbons (Fsp3) is 0. The van der Waals surface area contributed by atoms with Crippen LogP contribution in [0.25, 0.3) is 5.69 Å². The van der Waals surface area contributed by atoms with Gasteiger partial charge in [0.25, 0.3) is 0 Å². The molecule has 0 fully saturated rings. The molecule has 0 aliphatic carbocycles. The molecule has 12 heavy (non-hydrogen) atoms. The van der Waals surface area contributed by atoms with Crippen LogP contribution in [0.1, 0.15) is 0 Å². The summed E-state index contributed by atoms with van der Waals surface area (Å²) in [6.07, 6.45) is 1.91. The first-order valence-corrected chi connectivity index (χ1v) is 4.19. The molecule has 0 atom stereocenters. The van der Waals surface area contributed by atoms with Gasteiger partial charge in [0.2, 0.25) is 0 Å². The van der Waals surface area contributed by atoms with E-state index < -0.39 is 0 Å². The zero-order chi connectivity index (χ0) is 8.39. The largest absolute Gasteiger partial charge is 0.241 e. The van der Waals surface area contributed by atoms with Crippen molar-refractivity contribution >= 4 is 15.6 Å². The van der Waals surface area contributed by atoms with Gasteiger partial charge in [-0.3, -0.25) is 0 Å². The Morgan fingerprint density at radius 1 is 1.08 bits per heavy atom. The van der Waals surface area contributed by atoms with E-state index in [9.17, 15) is 0 Å². The Morgan fingerprint density at radius 2 is 1.83 bits per heavy atom. The molecule has 2 nitrogen and oxygen atoms in total. The van der Waals surface area contributed by atoms with Gasteiger partial charge in [-0.2, -0.15) is 5.10 Å². The number of nitrogens with zero attached hydrogens (tertiary/aromatic N) is 2. The second-order valence-corrected chi connectivity index (χ2v) is 2.99. The van der Waals surface area contributed by atoms with Crippen molar-refractivity contribution in [1.29, 1.82) is 0 Å². The molecule has 0 aliphatic heterocycles. The van der Waals surface area contributed by atoms with Gasteiger partial charge in [0.1, 0.15) is 10.2 Å². The third kappa shape index (κ3) is 1.31. The molecule has 3 radical (unpaired) electrons. The van der Waals surface area contributed by atoms with Crippen molar-refractivity contribution in [2.24, 2.45) is 0 Å². The SMILES string of the molecule is [Si]c1ccn(-c2ccccc2)n1. The Labute approximate surface area is 74.3 Å². The number of aromatic nitrogens is 2. The first-order chi connectivity index (χ1) is 5.86. The molecule has 0 spiro atoms. The zero-order valence-electron chi connectivity index (χ0n) is 6.44. The molecule has 57 valence electrons. The molecule has 0 bridgehead atoms. The second-order valence-electron chi connectivity index (χ2n) is 2.48. The van der Waals surface area contributed by atoms with Crippen molar-refractivity contribution in [2.75, 3.05) is 0 Å². The van der Waals surface area contributed by atoms with Gasteiger partial charge in [0.05, 0.1) is 5.69 Å². The second kappa shape index (κ2) is 2.95. The Balaban J connectivity index is 2.45. The number of hydrogen-bond acceptors (Lipinski definition) is 1. The maximum atomic E-state index is 4.21. The highest BCUT2D eigenvalue weighted by molar-refractivity contribution is 6.30. The molecule has 0 N–H and O–H groups in total. The van der Waals surface area contributed by atoms with Gasteiger partial charge in [-0.1, -0.05) is 18.2 Å². The highest BCUT2D eigenvalue weighted by Crippen LogP contribution is 2.02. The molecule has 0 amide bonds. The van der Waals surface area contributed by atoms with Crippen LogP contribution in [0.3, 0.4) is 0 Å². The molecule has 0 unspecified atom stereocenters. The van der Waals surface area contributed by atoms with Gasteiger partial charge in [0.15, 0.2) is 0 Å². The van der Waals surface area contributed by atoms with Crippen molar-refractivity contribution in [3.63, 3.8) is 0 Å². The fourth-order valence-electron chi connectivity index (χ4n) is 1.05. The van der Waals surface area contributed by atoms with Crippen LogP contribution in [-0.4, -0.2) is 20.0 Å². The Morgan fingerprint density at radius 3 is 2.42 bits per heavy atom. The Hall–Kier alpha value is -1.35. The summed E-state index contributed by atoms with van der Waals surface area (Å²) in [5.74, 6) is 0. The summed E-state index contributed by atoms with van der Waals surface area (Å²) in [7, 11) is 3.35. The van der Waals surface area contributed by atoms with Crippen LogP contribution in [0.2, 0.25) is 0 Å². The van der Waals surface area contributed by atoms with Crippen molar-refractivity contribution < 1.29 is 0 Å². The lowest BCUT2D eigenvalue weighted by molar-refractivity contribution is 0.892. The van der Waals surface area contributed by atoms with Gasteiger partial charge in [0, 0.05) is 11.5 Å². The van der Waals surface area contributed by atoms with Crippen LogP contribution < -0.4 is 5.32 Å². The van der Waals surface area contributed by atoms with Crippen LogP contribution >= 0.6 is 0 Å². The highest BCUT2D eigenvalue weighted by Gasteiger charge is 1.94. The topological polar surface area (TPSA) is 17.8 Å². The minimum absolute atomic E-state index is 0.846. The molecule has 3 heteroatoms. The summed E-state index contributed by atoms with van der Waals surface area (Å²) < 4.78 is 1.82. The average Bonchev–Trinajstić information content (AvgIpc) is 2.54.